The first kappa shape index (κ1) is 17.3. The third-order valence-corrected chi connectivity index (χ3v) is 2.56. The lowest BCUT2D eigenvalue weighted by Gasteiger charge is -2.10. The first-order valence-corrected chi connectivity index (χ1v) is 6.67. The summed E-state index contributed by atoms with van der Waals surface area (Å²) in [7, 11) is 1.49. The van der Waals surface area contributed by atoms with Gasteiger partial charge in [0.2, 0.25) is 0 Å². The maximum atomic E-state index is 11.7. The molecule has 0 aliphatic rings. The summed E-state index contributed by atoms with van der Waals surface area (Å²) in [5.74, 6) is 0.252. The molecule has 1 aromatic rings. The number of rotatable bonds is 7. The van der Waals surface area contributed by atoms with Crippen molar-refractivity contribution < 1.29 is 23.8 Å². The minimum Gasteiger partial charge on any atom is -0.493 e. The predicted octanol–water partition coefficient (Wildman–Crippen LogP) is 2.89. The molecule has 0 aliphatic carbocycles. The number of allylic oxidation sites excluding steroid dienone is 1. The summed E-state index contributed by atoms with van der Waals surface area (Å²) < 4.78 is 14.8. The van der Waals surface area contributed by atoms with E-state index in [9.17, 15) is 9.59 Å². The van der Waals surface area contributed by atoms with Gasteiger partial charge < -0.3 is 19.5 Å². The monoisotopic (exact) mass is 305 g/mol. The van der Waals surface area contributed by atoms with E-state index in [1.165, 1.54) is 7.11 Å². The minimum atomic E-state index is -0.677. The van der Waals surface area contributed by atoms with Crippen LogP contribution in [0.25, 0.3) is 6.08 Å². The van der Waals surface area contributed by atoms with Crippen molar-refractivity contribution in [3.63, 3.8) is 0 Å². The van der Waals surface area contributed by atoms with Gasteiger partial charge in [-0.1, -0.05) is 24.8 Å². The number of carbonyl (C=O) groups is 2. The van der Waals surface area contributed by atoms with Crippen LogP contribution in [0.2, 0.25) is 0 Å². The normalized spacial score (nSPS) is 10.1. The minimum absolute atomic E-state index is 0.0263. The molecule has 1 rings (SSSR count). The van der Waals surface area contributed by atoms with Crippen molar-refractivity contribution in [3.8, 4) is 11.5 Å². The van der Waals surface area contributed by atoms with Crippen molar-refractivity contribution in [3.05, 3.63) is 42.7 Å². The first-order chi connectivity index (χ1) is 10.6. The zero-order valence-electron chi connectivity index (χ0n) is 12.6. The number of carbonyl (C=O) groups excluding carboxylic acids is 2. The molecule has 0 aliphatic heterocycles. The third kappa shape index (κ3) is 5.70. The van der Waals surface area contributed by atoms with Gasteiger partial charge in [0, 0.05) is 6.54 Å². The van der Waals surface area contributed by atoms with Crippen LogP contribution in [0.3, 0.4) is 0 Å². The third-order valence-electron chi connectivity index (χ3n) is 2.56. The van der Waals surface area contributed by atoms with Crippen LogP contribution in [0, 0.1) is 0 Å². The fraction of sp³-hybridized carbons (Fsp3) is 0.250. The Hall–Kier alpha value is -2.76. The van der Waals surface area contributed by atoms with Crippen molar-refractivity contribution in [2.75, 3.05) is 13.7 Å². The molecule has 0 spiro atoms. The van der Waals surface area contributed by atoms with Crippen LogP contribution in [-0.2, 0) is 9.53 Å². The standard InChI is InChI=1S/C16H19NO5/c1-4-6-12-7-8-13(14(11-12)20-3)22-16(19)17-10-9-15(18)21-5-2/h4-8,11H,2,9-10H2,1,3H3,(H,17,19)/b6-4+. The van der Waals surface area contributed by atoms with Crippen molar-refractivity contribution in [1.29, 1.82) is 0 Å². The van der Waals surface area contributed by atoms with Gasteiger partial charge in [0.15, 0.2) is 11.5 Å². The molecule has 0 saturated heterocycles. The summed E-state index contributed by atoms with van der Waals surface area (Å²) in [6.45, 7) is 5.27. The molecule has 0 heterocycles. The molecule has 6 nitrogen and oxygen atoms in total. The molecular formula is C16H19NO5. The lowest BCUT2D eigenvalue weighted by atomic mass is 10.2. The summed E-state index contributed by atoms with van der Waals surface area (Å²) in [6, 6.07) is 5.19. The van der Waals surface area contributed by atoms with Gasteiger partial charge in [0.25, 0.3) is 0 Å². The van der Waals surface area contributed by atoms with Crippen LogP contribution in [0.5, 0.6) is 11.5 Å². The summed E-state index contributed by atoms with van der Waals surface area (Å²) in [6.07, 6.45) is 4.18. The van der Waals surface area contributed by atoms with Crippen LogP contribution < -0.4 is 14.8 Å². The molecule has 0 atom stereocenters. The average molecular weight is 305 g/mol. The Morgan fingerprint density at radius 3 is 2.73 bits per heavy atom. The zero-order valence-corrected chi connectivity index (χ0v) is 12.6. The van der Waals surface area contributed by atoms with E-state index in [-0.39, 0.29) is 13.0 Å². The number of benzene rings is 1. The van der Waals surface area contributed by atoms with E-state index in [1.807, 2.05) is 19.1 Å². The van der Waals surface area contributed by atoms with Gasteiger partial charge in [0.1, 0.15) is 0 Å². The van der Waals surface area contributed by atoms with Gasteiger partial charge in [-0.05, 0) is 24.6 Å². The van der Waals surface area contributed by atoms with Crippen LogP contribution in [0.1, 0.15) is 18.9 Å². The molecule has 0 bridgehead atoms. The molecule has 22 heavy (non-hydrogen) atoms. The van der Waals surface area contributed by atoms with E-state index in [4.69, 9.17) is 9.47 Å². The molecule has 1 N–H and O–H groups in total. The van der Waals surface area contributed by atoms with Crippen molar-refractivity contribution in [2.24, 2.45) is 0 Å². The van der Waals surface area contributed by atoms with E-state index >= 15 is 0 Å². The van der Waals surface area contributed by atoms with Crippen LogP contribution in [0.15, 0.2) is 37.1 Å². The smallest absolute Gasteiger partial charge is 0.412 e. The second kappa shape index (κ2) is 9.23. The maximum Gasteiger partial charge on any atom is 0.412 e. The van der Waals surface area contributed by atoms with Crippen molar-refractivity contribution in [1.82, 2.24) is 5.32 Å². The molecule has 0 aromatic heterocycles. The molecule has 0 unspecified atom stereocenters. The largest absolute Gasteiger partial charge is 0.493 e. The maximum absolute atomic E-state index is 11.7. The summed E-state index contributed by atoms with van der Waals surface area (Å²) in [4.78, 5) is 22.7. The van der Waals surface area contributed by atoms with E-state index in [0.717, 1.165) is 11.8 Å². The van der Waals surface area contributed by atoms with E-state index < -0.39 is 12.1 Å². The summed E-state index contributed by atoms with van der Waals surface area (Å²) in [5.41, 5.74) is 0.930. The Morgan fingerprint density at radius 2 is 2.09 bits per heavy atom. The van der Waals surface area contributed by atoms with Crippen molar-refractivity contribution >= 4 is 18.1 Å². The van der Waals surface area contributed by atoms with Crippen LogP contribution in [0.4, 0.5) is 4.79 Å². The Bertz CT molecular complexity index is 566. The van der Waals surface area contributed by atoms with Gasteiger partial charge in [-0.2, -0.15) is 0 Å². The van der Waals surface area contributed by atoms with Gasteiger partial charge in [-0.25, -0.2) is 4.79 Å². The summed E-state index contributed by atoms with van der Waals surface area (Å²) in [5, 5.41) is 2.45. The van der Waals surface area contributed by atoms with Gasteiger partial charge in [0.05, 0.1) is 19.8 Å². The first-order valence-electron chi connectivity index (χ1n) is 6.67. The van der Waals surface area contributed by atoms with Crippen LogP contribution >= 0.6 is 0 Å². The fourth-order valence-corrected chi connectivity index (χ4v) is 1.62. The Labute approximate surface area is 129 Å². The number of hydrogen-bond acceptors (Lipinski definition) is 5. The number of ether oxygens (including phenoxy) is 3. The summed E-state index contributed by atoms with van der Waals surface area (Å²) >= 11 is 0. The molecule has 0 radical (unpaired) electrons. The molecular weight excluding hydrogens is 286 g/mol. The molecule has 6 heteroatoms. The molecule has 1 aromatic carbocycles. The fourth-order valence-electron chi connectivity index (χ4n) is 1.62. The second-order valence-corrected chi connectivity index (χ2v) is 4.13. The van der Waals surface area contributed by atoms with E-state index in [1.54, 1.807) is 18.2 Å². The highest BCUT2D eigenvalue weighted by Crippen LogP contribution is 2.28. The molecule has 0 saturated carbocycles. The predicted molar refractivity (Wildman–Crippen MR) is 82.6 cm³/mol. The molecule has 118 valence electrons. The van der Waals surface area contributed by atoms with Gasteiger partial charge in [-0.15, -0.1) is 0 Å². The van der Waals surface area contributed by atoms with Gasteiger partial charge in [-0.3, -0.25) is 4.79 Å². The highest BCUT2D eigenvalue weighted by atomic mass is 16.6. The SMILES string of the molecule is C=COC(=O)CCNC(=O)Oc1ccc(/C=C/C)cc1OC. The Balaban J connectivity index is 2.56. The number of hydrogen-bond donors (Lipinski definition) is 1. The van der Waals surface area contributed by atoms with Crippen LogP contribution in [-0.4, -0.2) is 25.7 Å². The molecule has 0 fully saturated rings. The number of esters is 1. The zero-order chi connectivity index (χ0) is 16.4. The lowest BCUT2D eigenvalue weighted by Crippen LogP contribution is -2.29. The second-order valence-electron chi connectivity index (χ2n) is 4.13. The highest BCUT2D eigenvalue weighted by molar-refractivity contribution is 5.74. The number of amides is 1. The van der Waals surface area contributed by atoms with E-state index in [2.05, 4.69) is 16.6 Å². The number of nitrogens with one attached hydrogen (secondary N) is 1. The van der Waals surface area contributed by atoms with Crippen molar-refractivity contribution in [2.45, 2.75) is 13.3 Å². The quantitative estimate of drug-likeness (QED) is 0.619. The topological polar surface area (TPSA) is 73.9 Å². The average Bonchev–Trinajstić information content (AvgIpc) is 2.49. The Morgan fingerprint density at radius 1 is 1.32 bits per heavy atom. The number of methoxy groups -OCH3 is 1. The molecule has 1 amide bonds. The van der Waals surface area contributed by atoms with Gasteiger partial charge >= 0.3 is 12.1 Å². The highest BCUT2D eigenvalue weighted by Gasteiger charge is 2.10. The lowest BCUT2D eigenvalue weighted by molar-refractivity contribution is -0.137. The Kier molecular flexibility index (Phi) is 7.25. The van der Waals surface area contributed by atoms with E-state index in [0.29, 0.717) is 11.5 Å².